The zero-order valence-electron chi connectivity index (χ0n) is 10.8. The second-order valence-electron chi connectivity index (χ2n) is 4.46. The van der Waals surface area contributed by atoms with Crippen molar-refractivity contribution in [2.24, 2.45) is 0 Å². The first-order valence-corrected chi connectivity index (χ1v) is 6.78. The molecule has 1 heterocycles. The number of carbonyl (C=O) groups excluding carboxylic acids is 3. The molecule has 1 atom stereocenters. The van der Waals surface area contributed by atoms with Crippen LogP contribution in [-0.2, 0) is 20.9 Å². The minimum atomic E-state index is -0.792. The van der Waals surface area contributed by atoms with Crippen LogP contribution in [0, 0.1) is 0 Å². The highest BCUT2D eigenvalue weighted by atomic mass is 35.5. The maximum Gasteiger partial charge on any atom is 0.417 e. The summed E-state index contributed by atoms with van der Waals surface area (Å²) in [7, 11) is 0. The van der Waals surface area contributed by atoms with Gasteiger partial charge in [0.25, 0.3) is 0 Å². The second kappa shape index (κ2) is 6.52. The molecule has 6 heteroatoms. The van der Waals surface area contributed by atoms with Crippen molar-refractivity contribution < 1.29 is 19.1 Å². The SMILES string of the molecule is O=C(CCl)C1CCC(=O)N1C(=O)OCc1ccccc1. The summed E-state index contributed by atoms with van der Waals surface area (Å²) < 4.78 is 5.08. The number of likely N-dealkylation sites (tertiary alicyclic amines) is 1. The van der Waals surface area contributed by atoms with Crippen LogP contribution in [0.5, 0.6) is 0 Å². The fourth-order valence-electron chi connectivity index (χ4n) is 2.10. The van der Waals surface area contributed by atoms with E-state index in [1.807, 2.05) is 18.2 Å². The number of benzene rings is 1. The fourth-order valence-corrected chi connectivity index (χ4v) is 2.27. The zero-order valence-corrected chi connectivity index (χ0v) is 11.5. The molecule has 1 aromatic carbocycles. The van der Waals surface area contributed by atoms with E-state index in [9.17, 15) is 14.4 Å². The highest BCUT2D eigenvalue weighted by Gasteiger charge is 2.40. The number of amides is 2. The number of ketones is 1. The topological polar surface area (TPSA) is 63.7 Å². The first-order chi connectivity index (χ1) is 9.63. The standard InChI is InChI=1S/C14H14ClNO4/c15-8-12(17)11-6-7-13(18)16(11)14(19)20-9-10-4-2-1-3-5-10/h1-5,11H,6-9H2. The molecule has 20 heavy (non-hydrogen) atoms. The van der Waals surface area contributed by atoms with Crippen LogP contribution < -0.4 is 0 Å². The van der Waals surface area contributed by atoms with E-state index >= 15 is 0 Å². The molecule has 1 aliphatic rings. The van der Waals surface area contributed by atoms with Crippen molar-refractivity contribution in [3.63, 3.8) is 0 Å². The maximum atomic E-state index is 11.9. The number of ether oxygens (including phenoxy) is 1. The number of nitrogens with zero attached hydrogens (tertiary/aromatic N) is 1. The lowest BCUT2D eigenvalue weighted by Gasteiger charge is -2.20. The lowest BCUT2D eigenvalue weighted by atomic mass is 10.1. The normalized spacial score (nSPS) is 18.1. The Balaban J connectivity index is 2.00. The highest BCUT2D eigenvalue weighted by molar-refractivity contribution is 6.28. The summed E-state index contributed by atoms with van der Waals surface area (Å²) in [6.07, 6.45) is -0.321. The number of rotatable bonds is 4. The number of Topliss-reactive ketones (excluding diaryl/α,β-unsaturated/α-hetero) is 1. The van der Waals surface area contributed by atoms with Crippen LogP contribution in [0.3, 0.4) is 0 Å². The van der Waals surface area contributed by atoms with Gasteiger partial charge in [0.15, 0.2) is 5.78 Å². The summed E-state index contributed by atoms with van der Waals surface area (Å²) in [5, 5.41) is 0. The van der Waals surface area contributed by atoms with Gasteiger partial charge >= 0.3 is 6.09 Å². The molecule has 0 aliphatic carbocycles. The molecule has 1 fully saturated rings. The minimum Gasteiger partial charge on any atom is -0.444 e. The summed E-state index contributed by atoms with van der Waals surface area (Å²) in [4.78, 5) is 36.1. The Bertz CT molecular complexity index is 517. The first-order valence-electron chi connectivity index (χ1n) is 6.25. The molecule has 1 unspecified atom stereocenters. The van der Waals surface area contributed by atoms with E-state index in [1.54, 1.807) is 12.1 Å². The van der Waals surface area contributed by atoms with Gasteiger partial charge in [-0.05, 0) is 12.0 Å². The van der Waals surface area contributed by atoms with Crippen LogP contribution in [0.4, 0.5) is 4.79 Å². The van der Waals surface area contributed by atoms with Gasteiger partial charge in [-0.1, -0.05) is 30.3 Å². The van der Waals surface area contributed by atoms with Gasteiger partial charge in [0.2, 0.25) is 5.91 Å². The number of imide groups is 1. The van der Waals surface area contributed by atoms with Crippen LogP contribution in [0.25, 0.3) is 0 Å². The molecule has 0 N–H and O–H groups in total. The third kappa shape index (κ3) is 3.17. The molecule has 106 valence electrons. The smallest absolute Gasteiger partial charge is 0.417 e. The van der Waals surface area contributed by atoms with Crippen LogP contribution >= 0.6 is 11.6 Å². The van der Waals surface area contributed by atoms with E-state index in [2.05, 4.69) is 0 Å². The Morgan fingerprint density at radius 3 is 2.65 bits per heavy atom. The molecule has 1 aliphatic heterocycles. The Labute approximate surface area is 121 Å². The van der Waals surface area contributed by atoms with Crippen molar-refractivity contribution >= 4 is 29.4 Å². The van der Waals surface area contributed by atoms with Crippen molar-refractivity contribution in [2.75, 3.05) is 5.88 Å². The van der Waals surface area contributed by atoms with Crippen molar-refractivity contribution in [3.8, 4) is 0 Å². The number of hydrogen-bond acceptors (Lipinski definition) is 4. The third-order valence-electron chi connectivity index (χ3n) is 3.12. The summed E-state index contributed by atoms with van der Waals surface area (Å²) in [6.45, 7) is 0.0608. The van der Waals surface area contributed by atoms with Crippen LogP contribution in [0.1, 0.15) is 18.4 Å². The Hall–Kier alpha value is -1.88. The molecule has 0 aromatic heterocycles. The molecule has 0 spiro atoms. The third-order valence-corrected chi connectivity index (χ3v) is 3.38. The molecular formula is C14H14ClNO4. The average Bonchev–Trinajstić information content (AvgIpc) is 2.87. The number of hydrogen-bond donors (Lipinski definition) is 0. The van der Waals surface area contributed by atoms with Crippen LogP contribution in [0.2, 0.25) is 0 Å². The summed E-state index contributed by atoms with van der Waals surface area (Å²) in [5.74, 6) is -0.957. The highest BCUT2D eigenvalue weighted by Crippen LogP contribution is 2.21. The van der Waals surface area contributed by atoms with E-state index in [-0.39, 0.29) is 24.7 Å². The molecular weight excluding hydrogens is 282 g/mol. The Morgan fingerprint density at radius 1 is 1.30 bits per heavy atom. The predicted molar refractivity (Wildman–Crippen MR) is 72.2 cm³/mol. The molecule has 2 amide bonds. The summed E-state index contributed by atoms with van der Waals surface area (Å²) >= 11 is 5.48. The molecule has 2 rings (SSSR count). The molecule has 5 nitrogen and oxygen atoms in total. The monoisotopic (exact) mass is 295 g/mol. The van der Waals surface area contributed by atoms with Gasteiger partial charge < -0.3 is 4.74 Å². The van der Waals surface area contributed by atoms with Crippen LogP contribution in [-0.4, -0.2) is 34.6 Å². The Kier molecular flexibility index (Phi) is 4.74. The number of halogens is 1. The van der Waals surface area contributed by atoms with Crippen molar-refractivity contribution in [3.05, 3.63) is 35.9 Å². The van der Waals surface area contributed by atoms with Gasteiger partial charge in [0.05, 0.1) is 5.88 Å². The first kappa shape index (κ1) is 14.5. The largest absolute Gasteiger partial charge is 0.444 e. The van der Waals surface area contributed by atoms with E-state index in [0.717, 1.165) is 10.5 Å². The predicted octanol–water partition coefficient (Wildman–Crippen LogP) is 2.12. The lowest BCUT2D eigenvalue weighted by Crippen LogP contribution is -2.43. The number of alkyl halides is 1. The molecule has 0 radical (unpaired) electrons. The van der Waals surface area contributed by atoms with E-state index in [4.69, 9.17) is 16.3 Å². The number of carbonyl (C=O) groups is 3. The van der Waals surface area contributed by atoms with Crippen molar-refractivity contribution in [1.29, 1.82) is 0 Å². The van der Waals surface area contributed by atoms with Gasteiger partial charge in [-0.25, -0.2) is 9.69 Å². The van der Waals surface area contributed by atoms with E-state index in [0.29, 0.717) is 6.42 Å². The average molecular weight is 296 g/mol. The lowest BCUT2D eigenvalue weighted by molar-refractivity contribution is -0.131. The van der Waals surface area contributed by atoms with E-state index in [1.165, 1.54) is 0 Å². The fraction of sp³-hybridized carbons (Fsp3) is 0.357. The van der Waals surface area contributed by atoms with Gasteiger partial charge in [-0.3, -0.25) is 9.59 Å². The van der Waals surface area contributed by atoms with Crippen molar-refractivity contribution in [1.82, 2.24) is 4.90 Å². The molecule has 0 saturated carbocycles. The molecule has 0 bridgehead atoms. The van der Waals surface area contributed by atoms with Gasteiger partial charge in [0.1, 0.15) is 12.6 Å². The Morgan fingerprint density at radius 2 is 2.00 bits per heavy atom. The molecule has 1 saturated heterocycles. The molecule has 1 aromatic rings. The van der Waals surface area contributed by atoms with Gasteiger partial charge in [-0.2, -0.15) is 0 Å². The van der Waals surface area contributed by atoms with Gasteiger partial charge in [0, 0.05) is 6.42 Å². The second-order valence-corrected chi connectivity index (χ2v) is 4.73. The summed E-state index contributed by atoms with van der Waals surface area (Å²) in [6, 6.07) is 8.32. The maximum absolute atomic E-state index is 11.9. The van der Waals surface area contributed by atoms with Gasteiger partial charge in [-0.15, -0.1) is 11.6 Å². The van der Waals surface area contributed by atoms with Crippen LogP contribution in [0.15, 0.2) is 30.3 Å². The van der Waals surface area contributed by atoms with E-state index < -0.39 is 18.0 Å². The van der Waals surface area contributed by atoms with Crippen molar-refractivity contribution in [2.45, 2.75) is 25.5 Å². The summed E-state index contributed by atoms with van der Waals surface area (Å²) in [5.41, 5.74) is 0.813. The minimum absolute atomic E-state index is 0.0608. The zero-order chi connectivity index (χ0) is 14.5. The quantitative estimate of drug-likeness (QED) is 0.798.